The van der Waals surface area contributed by atoms with E-state index in [4.69, 9.17) is 4.74 Å². The lowest BCUT2D eigenvalue weighted by Gasteiger charge is -2.39. The molecular weight excluding hydrogens is 399 g/mol. The van der Waals surface area contributed by atoms with Gasteiger partial charge in [-0.05, 0) is 56.2 Å². The van der Waals surface area contributed by atoms with Crippen LogP contribution < -0.4 is 4.90 Å². The van der Waals surface area contributed by atoms with E-state index < -0.39 is 0 Å². The molecule has 3 atom stereocenters. The lowest BCUT2D eigenvalue weighted by molar-refractivity contribution is 0.00640. The number of benzene rings is 1. The van der Waals surface area contributed by atoms with E-state index in [1.165, 1.54) is 12.4 Å². The highest BCUT2D eigenvalue weighted by Crippen LogP contribution is 2.37. The van der Waals surface area contributed by atoms with Gasteiger partial charge in [0, 0.05) is 36.6 Å². The molecular formula is C23H27FN4O3. The number of rotatable bonds is 3. The van der Waals surface area contributed by atoms with E-state index in [9.17, 15) is 14.3 Å². The fourth-order valence-corrected chi connectivity index (χ4v) is 5.29. The molecule has 3 aliphatic heterocycles. The van der Waals surface area contributed by atoms with E-state index in [1.54, 1.807) is 18.5 Å². The highest BCUT2D eigenvalue weighted by atomic mass is 19.1. The average Bonchev–Trinajstić information content (AvgIpc) is 3.06. The molecule has 1 amide bonds. The van der Waals surface area contributed by atoms with Gasteiger partial charge in [-0.3, -0.25) is 0 Å². The maximum absolute atomic E-state index is 14.9. The van der Waals surface area contributed by atoms with Gasteiger partial charge in [0.25, 0.3) is 0 Å². The van der Waals surface area contributed by atoms with Crippen molar-refractivity contribution in [2.45, 2.75) is 62.8 Å². The van der Waals surface area contributed by atoms with Gasteiger partial charge in [-0.2, -0.15) is 0 Å². The molecule has 2 bridgehead atoms. The van der Waals surface area contributed by atoms with Gasteiger partial charge in [-0.25, -0.2) is 19.2 Å². The molecule has 2 aromatic rings. The summed E-state index contributed by atoms with van der Waals surface area (Å²) in [5, 5.41) is 9.96. The Hall–Kier alpha value is -2.74. The highest BCUT2D eigenvalue weighted by molar-refractivity contribution is 5.70. The molecule has 8 heteroatoms. The Labute approximate surface area is 180 Å². The van der Waals surface area contributed by atoms with Gasteiger partial charge in [0.05, 0.1) is 18.3 Å². The molecule has 4 heterocycles. The number of hydrogen-bond acceptors (Lipinski definition) is 6. The SMILES string of the molecule is O=C(OC1CCCN(c2ccc(-c3cncnc3)cc2F)C1)N1C2CCC1CC(O)C2. The van der Waals surface area contributed by atoms with E-state index in [1.807, 2.05) is 15.9 Å². The molecule has 7 nitrogen and oxygen atoms in total. The van der Waals surface area contributed by atoms with Crippen LogP contribution >= 0.6 is 0 Å². The second-order valence-corrected chi connectivity index (χ2v) is 8.80. The summed E-state index contributed by atoms with van der Waals surface area (Å²) in [6.07, 6.45) is 8.61. The molecule has 0 radical (unpaired) electrons. The van der Waals surface area contributed by atoms with Gasteiger partial charge in [0.15, 0.2) is 0 Å². The zero-order chi connectivity index (χ0) is 21.4. The molecule has 164 valence electrons. The predicted octanol–water partition coefficient (Wildman–Crippen LogP) is 3.38. The van der Waals surface area contributed by atoms with E-state index >= 15 is 0 Å². The maximum Gasteiger partial charge on any atom is 0.410 e. The first-order valence-electron chi connectivity index (χ1n) is 11.1. The molecule has 1 N–H and O–H groups in total. The number of aliphatic hydroxyl groups is 1. The molecule has 31 heavy (non-hydrogen) atoms. The Balaban J connectivity index is 1.25. The maximum atomic E-state index is 14.9. The zero-order valence-corrected chi connectivity index (χ0v) is 17.4. The van der Waals surface area contributed by atoms with Crippen LogP contribution in [-0.4, -0.2) is 63.4 Å². The van der Waals surface area contributed by atoms with Crippen LogP contribution in [0, 0.1) is 5.82 Å². The Morgan fingerprint density at radius 3 is 2.55 bits per heavy atom. The van der Waals surface area contributed by atoms with Crippen LogP contribution in [0.15, 0.2) is 36.9 Å². The van der Waals surface area contributed by atoms with Gasteiger partial charge in [0.1, 0.15) is 18.2 Å². The number of anilines is 1. The minimum absolute atomic E-state index is 0.0768. The summed E-state index contributed by atoms with van der Waals surface area (Å²) in [4.78, 5) is 24.6. The monoisotopic (exact) mass is 426 g/mol. The van der Waals surface area contributed by atoms with Crippen LogP contribution in [0.1, 0.15) is 38.5 Å². The number of aromatic nitrogens is 2. The minimum Gasteiger partial charge on any atom is -0.444 e. The van der Waals surface area contributed by atoms with Crippen LogP contribution in [0.3, 0.4) is 0 Å². The van der Waals surface area contributed by atoms with Crippen molar-refractivity contribution in [3.05, 3.63) is 42.7 Å². The first-order chi connectivity index (χ1) is 15.1. The normalized spacial score (nSPS) is 27.9. The first kappa shape index (κ1) is 20.2. The summed E-state index contributed by atoms with van der Waals surface area (Å²) in [6.45, 7) is 1.20. The van der Waals surface area contributed by atoms with Crippen LogP contribution in [0.2, 0.25) is 0 Å². The van der Waals surface area contributed by atoms with Gasteiger partial charge in [0.2, 0.25) is 0 Å². The molecule has 3 saturated heterocycles. The number of nitrogens with zero attached hydrogens (tertiary/aromatic N) is 4. The van der Waals surface area contributed by atoms with Crippen molar-refractivity contribution in [2.24, 2.45) is 0 Å². The van der Waals surface area contributed by atoms with Crippen molar-refractivity contribution in [3.8, 4) is 11.1 Å². The van der Waals surface area contributed by atoms with Crippen molar-refractivity contribution < 1.29 is 19.0 Å². The van der Waals surface area contributed by atoms with E-state index in [2.05, 4.69) is 9.97 Å². The zero-order valence-electron chi connectivity index (χ0n) is 17.4. The first-order valence-corrected chi connectivity index (χ1v) is 11.1. The third kappa shape index (κ3) is 4.08. The molecule has 0 aliphatic carbocycles. The van der Waals surface area contributed by atoms with Gasteiger partial charge in [-0.15, -0.1) is 0 Å². The molecule has 1 aromatic heterocycles. The summed E-state index contributed by atoms with van der Waals surface area (Å²) in [7, 11) is 0. The number of carbonyl (C=O) groups is 1. The predicted molar refractivity (Wildman–Crippen MR) is 113 cm³/mol. The topological polar surface area (TPSA) is 78.8 Å². The minimum atomic E-state index is -0.319. The average molecular weight is 426 g/mol. The van der Waals surface area contributed by atoms with Crippen molar-refractivity contribution in [1.82, 2.24) is 14.9 Å². The highest BCUT2D eigenvalue weighted by Gasteiger charge is 2.44. The fourth-order valence-electron chi connectivity index (χ4n) is 5.29. The number of piperidine rings is 2. The Kier molecular flexibility index (Phi) is 5.48. The van der Waals surface area contributed by atoms with Gasteiger partial charge >= 0.3 is 6.09 Å². The quantitative estimate of drug-likeness (QED) is 0.811. The van der Waals surface area contributed by atoms with Crippen LogP contribution in [-0.2, 0) is 4.74 Å². The number of aliphatic hydroxyl groups excluding tert-OH is 1. The lowest BCUT2D eigenvalue weighted by atomic mass is 10.0. The molecule has 0 saturated carbocycles. The molecule has 1 aromatic carbocycles. The summed E-state index contributed by atoms with van der Waals surface area (Å²) < 4.78 is 20.8. The van der Waals surface area contributed by atoms with Gasteiger partial charge in [-0.1, -0.05) is 6.07 Å². The smallest absolute Gasteiger partial charge is 0.410 e. The number of hydrogen-bond donors (Lipinski definition) is 1. The number of fused-ring (bicyclic) bond motifs is 2. The molecule has 3 aliphatic rings. The molecule has 3 fully saturated rings. The molecule has 3 unspecified atom stereocenters. The Morgan fingerprint density at radius 2 is 1.84 bits per heavy atom. The van der Waals surface area contributed by atoms with E-state index in [0.29, 0.717) is 25.1 Å². The van der Waals surface area contributed by atoms with Crippen molar-refractivity contribution in [1.29, 1.82) is 0 Å². The number of halogens is 1. The molecule has 0 spiro atoms. The van der Waals surface area contributed by atoms with Crippen LogP contribution in [0.4, 0.5) is 14.9 Å². The third-order valence-electron chi connectivity index (χ3n) is 6.75. The standard InChI is InChI=1S/C23H27FN4O3/c24-21-8-15(16-11-25-14-26-12-16)3-6-22(21)27-7-1-2-20(13-27)31-23(30)28-17-4-5-18(28)10-19(29)9-17/h3,6,8,11-12,14,17-20,29H,1-2,4-5,7,9-10,13H2. The number of carbonyl (C=O) groups excluding carboxylic acids is 1. The summed E-state index contributed by atoms with van der Waals surface area (Å²) in [5.41, 5.74) is 2.01. The van der Waals surface area contributed by atoms with Gasteiger partial charge < -0.3 is 19.6 Å². The summed E-state index contributed by atoms with van der Waals surface area (Å²) >= 11 is 0. The van der Waals surface area contributed by atoms with E-state index in [0.717, 1.165) is 43.4 Å². The number of amides is 1. The second-order valence-electron chi connectivity index (χ2n) is 8.80. The van der Waals surface area contributed by atoms with E-state index in [-0.39, 0.29) is 36.2 Å². The van der Waals surface area contributed by atoms with Crippen molar-refractivity contribution in [3.63, 3.8) is 0 Å². The van der Waals surface area contributed by atoms with Crippen LogP contribution in [0.25, 0.3) is 11.1 Å². The second kappa shape index (κ2) is 8.42. The largest absolute Gasteiger partial charge is 0.444 e. The fraction of sp³-hybridized carbons (Fsp3) is 0.522. The third-order valence-corrected chi connectivity index (χ3v) is 6.75. The number of ether oxygens (including phenoxy) is 1. The summed E-state index contributed by atoms with van der Waals surface area (Å²) in [5.74, 6) is -0.309. The Morgan fingerprint density at radius 1 is 1.10 bits per heavy atom. The summed E-state index contributed by atoms with van der Waals surface area (Å²) in [6, 6.07) is 5.29. The van der Waals surface area contributed by atoms with Crippen molar-refractivity contribution >= 4 is 11.8 Å². The van der Waals surface area contributed by atoms with Crippen molar-refractivity contribution in [2.75, 3.05) is 18.0 Å². The van der Waals surface area contributed by atoms with Crippen LogP contribution in [0.5, 0.6) is 0 Å². The lowest BCUT2D eigenvalue weighted by Crippen LogP contribution is -2.50. The molecule has 5 rings (SSSR count). The Bertz CT molecular complexity index is 930.